The highest BCUT2D eigenvalue weighted by Crippen LogP contribution is 2.25. The number of benzene rings is 1. The predicted molar refractivity (Wildman–Crippen MR) is 113 cm³/mol. The van der Waals surface area contributed by atoms with Gasteiger partial charge in [0, 0.05) is 20.6 Å². The molecule has 5 nitrogen and oxygen atoms in total. The van der Waals surface area contributed by atoms with E-state index in [4.69, 9.17) is 23.2 Å². The summed E-state index contributed by atoms with van der Waals surface area (Å²) < 4.78 is 0. The summed E-state index contributed by atoms with van der Waals surface area (Å²) in [4.78, 5) is 16.0. The van der Waals surface area contributed by atoms with Gasteiger partial charge in [-0.15, -0.1) is 24.0 Å². The highest BCUT2D eigenvalue weighted by Gasteiger charge is 2.26. The number of hydrogen-bond acceptors (Lipinski definition) is 2. The lowest BCUT2D eigenvalue weighted by Crippen LogP contribution is -2.47. The van der Waals surface area contributed by atoms with Gasteiger partial charge in [-0.05, 0) is 38.5 Å². The Bertz CT molecular complexity index is 593. The monoisotopic (exact) mass is 486 g/mol. The molecule has 1 aromatic rings. The molecule has 0 radical (unpaired) electrons. The van der Waals surface area contributed by atoms with Gasteiger partial charge in [0.2, 0.25) is 5.91 Å². The number of rotatable bonds is 5. The molecule has 1 rings (SSSR count). The molecule has 0 saturated carbocycles. The molecule has 0 bridgehead atoms. The van der Waals surface area contributed by atoms with E-state index in [1.165, 1.54) is 0 Å². The standard InChI is InChI=1S/C16H24Cl2N4O.HI/c1-10(11-6-7-12(17)13(18)8-11)22-15(20-5)21-9-16(2,3)14(23)19-4;/h6-8,10H,9H2,1-5H3,(H,19,23)(H2,20,21,22);1H. The molecule has 0 aliphatic carbocycles. The largest absolute Gasteiger partial charge is 0.359 e. The van der Waals surface area contributed by atoms with Crippen molar-refractivity contribution in [2.45, 2.75) is 26.8 Å². The van der Waals surface area contributed by atoms with Crippen LogP contribution >= 0.6 is 47.2 Å². The van der Waals surface area contributed by atoms with Crippen LogP contribution in [0.2, 0.25) is 10.0 Å². The summed E-state index contributed by atoms with van der Waals surface area (Å²) in [6.45, 7) is 6.19. The van der Waals surface area contributed by atoms with Crippen LogP contribution in [0.25, 0.3) is 0 Å². The van der Waals surface area contributed by atoms with Gasteiger partial charge in [-0.3, -0.25) is 9.79 Å². The molecule has 0 saturated heterocycles. The average molecular weight is 487 g/mol. The third-order valence-corrected chi connectivity index (χ3v) is 4.30. The zero-order chi connectivity index (χ0) is 17.6. The van der Waals surface area contributed by atoms with Crippen molar-refractivity contribution in [3.8, 4) is 0 Å². The van der Waals surface area contributed by atoms with E-state index >= 15 is 0 Å². The first-order chi connectivity index (χ1) is 10.7. The number of nitrogens with zero attached hydrogens (tertiary/aromatic N) is 1. The zero-order valence-corrected chi connectivity index (χ0v) is 18.4. The number of aliphatic imine (C=N–C) groups is 1. The van der Waals surface area contributed by atoms with Gasteiger partial charge in [0.05, 0.1) is 21.5 Å². The molecule has 0 aromatic heterocycles. The van der Waals surface area contributed by atoms with Gasteiger partial charge < -0.3 is 16.0 Å². The van der Waals surface area contributed by atoms with Gasteiger partial charge in [-0.2, -0.15) is 0 Å². The van der Waals surface area contributed by atoms with Crippen molar-refractivity contribution >= 4 is 59.0 Å². The van der Waals surface area contributed by atoms with E-state index in [1.54, 1.807) is 20.2 Å². The van der Waals surface area contributed by atoms with Crippen LogP contribution in [0, 0.1) is 5.41 Å². The SMILES string of the molecule is CN=C(NCC(C)(C)C(=O)NC)NC(C)c1ccc(Cl)c(Cl)c1.I. The summed E-state index contributed by atoms with van der Waals surface area (Å²) >= 11 is 12.0. The maximum Gasteiger partial charge on any atom is 0.227 e. The quantitative estimate of drug-likeness (QED) is 0.338. The fourth-order valence-corrected chi connectivity index (χ4v) is 2.29. The van der Waals surface area contributed by atoms with Gasteiger partial charge in [-0.1, -0.05) is 29.3 Å². The maximum atomic E-state index is 11.8. The molecule has 3 N–H and O–H groups in total. The first-order valence-corrected chi connectivity index (χ1v) is 8.11. The van der Waals surface area contributed by atoms with Gasteiger partial charge in [0.15, 0.2) is 5.96 Å². The van der Waals surface area contributed by atoms with Crippen molar-refractivity contribution in [1.82, 2.24) is 16.0 Å². The second-order valence-corrected chi connectivity index (χ2v) is 6.74. The zero-order valence-electron chi connectivity index (χ0n) is 14.5. The topological polar surface area (TPSA) is 65.5 Å². The summed E-state index contributed by atoms with van der Waals surface area (Å²) in [5.74, 6) is 0.582. The lowest BCUT2D eigenvalue weighted by molar-refractivity contribution is -0.128. The van der Waals surface area contributed by atoms with E-state index in [0.717, 1.165) is 5.56 Å². The second-order valence-electron chi connectivity index (χ2n) is 5.93. The molecular weight excluding hydrogens is 462 g/mol. The second kappa shape index (κ2) is 10.3. The van der Waals surface area contributed by atoms with E-state index in [9.17, 15) is 4.79 Å². The third kappa shape index (κ3) is 6.64. The lowest BCUT2D eigenvalue weighted by Gasteiger charge is -2.25. The van der Waals surface area contributed by atoms with E-state index in [0.29, 0.717) is 22.5 Å². The smallest absolute Gasteiger partial charge is 0.227 e. The molecule has 0 aliphatic rings. The van der Waals surface area contributed by atoms with Gasteiger partial charge in [-0.25, -0.2) is 0 Å². The molecule has 0 aliphatic heterocycles. The van der Waals surface area contributed by atoms with Crippen molar-refractivity contribution in [2.75, 3.05) is 20.6 Å². The fourth-order valence-electron chi connectivity index (χ4n) is 1.99. The van der Waals surface area contributed by atoms with Gasteiger partial charge in [0.1, 0.15) is 0 Å². The summed E-state index contributed by atoms with van der Waals surface area (Å²) in [5, 5.41) is 10.1. The summed E-state index contributed by atoms with van der Waals surface area (Å²) in [6.07, 6.45) is 0. The van der Waals surface area contributed by atoms with Crippen molar-refractivity contribution in [1.29, 1.82) is 0 Å². The van der Waals surface area contributed by atoms with Crippen LogP contribution in [0.1, 0.15) is 32.4 Å². The van der Waals surface area contributed by atoms with Crippen molar-refractivity contribution < 1.29 is 4.79 Å². The van der Waals surface area contributed by atoms with E-state index in [-0.39, 0.29) is 35.9 Å². The molecule has 1 amide bonds. The Labute approximate surface area is 171 Å². The molecule has 8 heteroatoms. The molecule has 0 spiro atoms. The highest BCUT2D eigenvalue weighted by atomic mass is 127. The summed E-state index contributed by atoms with van der Waals surface area (Å²) in [7, 11) is 3.31. The Morgan fingerprint density at radius 3 is 2.42 bits per heavy atom. The number of carbonyl (C=O) groups excluding carboxylic acids is 1. The van der Waals surface area contributed by atoms with Crippen molar-refractivity contribution in [3.05, 3.63) is 33.8 Å². The minimum atomic E-state index is -0.542. The molecule has 136 valence electrons. The summed E-state index contributed by atoms with van der Waals surface area (Å²) in [5.41, 5.74) is 0.451. The van der Waals surface area contributed by atoms with E-state index in [2.05, 4.69) is 20.9 Å². The minimum Gasteiger partial charge on any atom is -0.359 e. The Balaban J connectivity index is 0.00000529. The Morgan fingerprint density at radius 1 is 1.29 bits per heavy atom. The number of amides is 1. The van der Waals surface area contributed by atoms with Crippen LogP contribution in [-0.2, 0) is 4.79 Å². The molecular formula is C16H25Cl2IN4O. The Morgan fingerprint density at radius 2 is 1.92 bits per heavy atom. The average Bonchev–Trinajstić information content (AvgIpc) is 2.52. The van der Waals surface area contributed by atoms with Crippen LogP contribution in [0.4, 0.5) is 0 Å². The minimum absolute atomic E-state index is 0. The Kier molecular flexibility index (Phi) is 9.99. The molecule has 1 unspecified atom stereocenters. The van der Waals surface area contributed by atoms with Crippen molar-refractivity contribution in [2.24, 2.45) is 10.4 Å². The van der Waals surface area contributed by atoms with Crippen LogP contribution in [-0.4, -0.2) is 32.5 Å². The molecule has 1 aromatic carbocycles. The summed E-state index contributed by atoms with van der Waals surface area (Å²) in [6, 6.07) is 5.48. The number of nitrogens with one attached hydrogen (secondary N) is 3. The molecule has 1 atom stereocenters. The first-order valence-electron chi connectivity index (χ1n) is 7.35. The van der Waals surface area contributed by atoms with E-state index in [1.807, 2.05) is 32.9 Å². The Hall–Kier alpha value is -0.730. The highest BCUT2D eigenvalue weighted by molar-refractivity contribution is 14.0. The lowest BCUT2D eigenvalue weighted by atomic mass is 9.92. The first kappa shape index (κ1) is 23.3. The van der Waals surface area contributed by atoms with Crippen molar-refractivity contribution in [3.63, 3.8) is 0 Å². The normalized spacial score (nSPS) is 12.9. The molecule has 24 heavy (non-hydrogen) atoms. The maximum absolute atomic E-state index is 11.8. The molecule has 0 fully saturated rings. The predicted octanol–water partition coefficient (Wildman–Crippen LogP) is 3.61. The van der Waals surface area contributed by atoms with Crippen LogP contribution < -0.4 is 16.0 Å². The molecule has 0 heterocycles. The number of halogens is 3. The third-order valence-electron chi connectivity index (χ3n) is 3.56. The van der Waals surface area contributed by atoms with Gasteiger partial charge in [0.25, 0.3) is 0 Å². The van der Waals surface area contributed by atoms with E-state index < -0.39 is 5.41 Å². The number of carbonyl (C=O) groups is 1. The van der Waals surface area contributed by atoms with Crippen LogP contribution in [0.3, 0.4) is 0 Å². The van der Waals surface area contributed by atoms with Crippen LogP contribution in [0.15, 0.2) is 23.2 Å². The fraction of sp³-hybridized carbons (Fsp3) is 0.500. The number of guanidine groups is 1. The number of hydrogen-bond donors (Lipinski definition) is 3. The van der Waals surface area contributed by atoms with Crippen LogP contribution in [0.5, 0.6) is 0 Å². The van der Waals surface area contributed by atoms with Gasteiger partial charge >= 0.3 is 0 Å².